The molecular weight excluding hydrogens is 289 g/mol. The second kappa shape index (κ2) is 6.91. The number of hydrogen-bond donors (Lipinski definition) is 1. The molecule has 0 spiro atoms. The van der Waals surface area contributed by atoms with E-state index >= 15 is 0 Å². The lowest BCUT2D eigenvalue weighted by Gasteiger charge is -2.05. The van der Waals surface area contributed by atoms with Crippen LogP contribution in [0.4, 0.5) is 4.39 Å². The number of ether oxygens (including phenoxy) is 1. The minimum Gasteiger partial charge on any atom is -0.383 e. The van der Waals surface area contributed by atoms with Gasteiger partial charge in [0.1, 0.15) is 11.5 Å². The molecule has 102 valence electrons. The van der Waals surface area contributed by atoms with Crippen molar-refractivity contribution in [3.05, 3.63) is 33.9 Å². The van der Waals surface area contributed by atoms with Crippen LogP contribution in [0.15, 0.2) is 18.2 Å². The van der Waals surface area contributed by atoms with E-state index < -0.39 is 0 Å². The van der Waals surface area contributed by atoms with Crippen molar-refractivity contribution in [2.45, 2.75) is 6.54 Å². The van der Waals surface area contributed by atoms with Gasteiger partial charge in [0.05, 0.1) is 16.5 Å². The molecule has 0 aliphatic rings. The predicted molar refractivity (Wildman–Crippen MR) is 73.9 cm³/mol. The van der Waals surface area contributed by atoms with Gasteiger partial charge in [0, 0.05) is 25.8 Å². The quantitative estimate of drug-likeness (QED) is 0.834. The summed E-state index contributed by atoms with van der Waals surface area (Å²) in [7, 11) is 1.65. The molecule has 0 unspecified atom stereocenters. The maximum atomic E-state index is 13.0. The molecule has 7 heteroatoms. The molecule has 0 amide bonds. The van der Waals surface area contributed by atoms with Crippen LogP contribution in [0.5, 0.6) is 0 Å². The molecule has 1 aromatic heterocycles. The van der Waals surface area contributed by atoms with Crippen LogP contribution in [-0.2, 0) is 11.3 Å². The van der Waals surface area contributed by atoms with E-state index in [4.69, 9.17) is 16.3 Å². The van der Waals surface area contributed by atoms with E-state index in [9.17, 15) is 4.39 Å². The van der Waals surface area contributed by atoms with Gasteiger partial charge in [-0.25, -0.2) is 4.39 Å². The summed E-state index contributed by atoms with van der Waals surface area (Å²) in [5, 5.41) is 7.62. The van der Waals surface area contributed by atoms with Crippen LogP contribution in [0.2, 0.25) is 5.02 Å². The minimum absolute atomic E-state index is 0.339. The lowest BCUT2D eigenvalue weighted by molar-refractivity contribution is 0.199. The van der Waals surface area contributed by atoms with Gasteiger partial charge in [-0.3, -0.25) is 0 Å². The van der Waals surface area contributed by atoms with Crippen molar-refractivity contribution in [3.8, 4) is 11.3 Å². The molecule has 1 N–H and O–H groups in total. The first-order valence-corrected chi connectivity index (χ1v) is 6.84. The van der Waals surface area contributed by atoms with Gasteiger partial charge in [0.15, 0.2) is 0 Å². The molecule has 0 bridgehead atoms. The fourth-order valence-corrected chi connectivity index (χ4v) is 2.47. The third kappa shape index (κ3) is 3.70. The number of nitrogens with one attached hydrogen (secondary N) is 1. The Kier molecular flexibility index (Phi) is 5.21. The van der Waals surface area contributed by atoms with Crippen LogP contribution in [0, 0.1) is 5.82 Å². The van der Waals surface area contributed by atoms with Crippen molar-refractivity contribution in [1.29, 1.82) is 0 Å². The maximum absolute atomic E-state index is 13.0. The second-order valence-electron chi connectivity index (χ2n) is 3.84. The van der Waals surface area contributed by atoms with Crippen LogP contribution in [0.25, 0.3) is 11.3 Å². The second-order valence-corrected chi connectivity index (χ2v) is 5.08. The van der Waals surface area contributed by atoms with Gasteiger partial charge < -0.3 is 10.1 Å². The zero-order valence-corrected chi connectivity index (χ0v) is 11.9. The van der Waals surface area contributed by atoms with E-state index in [0.717, 1.165) is 11.4 Å². The van der Waals surface area contributed by atoms with Gasteiger partial charge >= 0.3 is 0 Å². The Labute approximate surface area is 119 Å². The number of aromatic nitrogens is 2. The Bertz CT molecular complexity index is 550. The smallest absolute Gasteiger partial charge is 0.124 e. The molecule has 19 heavy (non-hydrogen) atoms. The summed E-state index contributed by atoms with van der Waals surface area (Å²) in [4.78, 5) is 0.963. The Hall–Kier alpha value is -1.08. The minimum atomic E-state index is -0.364. The highest BCUT2D eigenvalue weighted by molar-refractivity contribution is 7.06. The molecule has 0 saturated carbocycles. The molecule has 0 saturated heterocycles. The highest BCUT2D eigenvalue weighted by atomic mass is 35.5. The first kappa shape index (κ1) is 14.3. The maximum Gasteiger partial charge on any atom is 0.124 e. The summed E-state index contributed by atoms with van der Waals surface area (Å²) >= 11 is 7.33. The van der Waals surface area contributed by atoms with Gasteiger partial charge in [-0.2, -0.15) is 0 Å². The topological polar surface area (TPSA) is 47.0 Å². The first-order chi connectivity index (χ1) is 9.22. The molecule has 0 aliphatic heterocycles. The van der Waals surface area contributed by atoms with Crippen molar-refractivity contribution >= 4 is 23.1 Å². The summed E-state index contributed by atoms with van der Waals surface area (Å²) < 4.78 is 21.9. The van der Waals surface area contributed by atoms with Crippen molar-refractivity contribution in [2.75, 3.05) is 20.3 Å². The number of nitrogens with zero attached hydrogens (tertiary/aromatic N) is 2. The summed E-state index contributed by atoms with van der Waals surface area (Å²) in [6.45, 7) is 2.01. The van der Waals surface area contributed by atoms with Gasteiger partial charge in [0.25, 0.3) is 0 Å². The van der Waals surface area contributed by atoms with Crippen LogP contribution in [0.3, 0.4) is 0 Å². The van der Waals surface area contributed by atoms with Gasteiger partial charge in [-0.05, 0) is 29.7 Å². The standard InChI is InChI=1S/C12H13ClFN3OS/c1-18-5-4-15-7-11-12(16-17-19-11)9-3-2-8(14)6-10(9)13/h2-3,6,15H,4-5,7H2,1H3. The molecule has 1 heterocycles. The van der Waals surface area contributed by atoms with Gasteiger partial charge in [-0.15, -0.1) is 5.10 Å². The Morgan fingerprint density at radius 2 is 2.32 bits per heavy atom. The van der Waals surface area contributed by atoms with Crippen LogP contribution in [-0.4, -0.2) is 29.8 Å². The zero-order chi connectivity index (χ0) is 13.7. The molecule has 0 aliphatic carbocycles. The van der Waals surface area contributed by atoms with Crippen LogP contribution in [0.1, 0.15) is 4.88 Å². The SMILES string of the molecule is COCCNCc1snnc1-c1ccc(F)cc1Cl. The van der Waals surface area contributed by atoms with Gasteiger partial charge in [0.2, 0.25) is 0 Å². The van der Waals surface area contributed by atoms with Crippen LogP contribution < -0.4 is 5.32 Å². The fourth-order valence-electron chi connectivity index (χ4n) is 1.59. The van der Waals surface area contributed by atoms with Crippen molar-refractivity contribution in [3.63, 3.8) is 0 Å². The third-order valence-electron chi connectivity index (χ3n) is 2.51. The van der Waals surface area contributed by atoms with Crippen molar-refractivity contribution < 1.29 is 9.13 Å². The van der Waals surface area contributed by atoms with Crippen LogP contribution >= 0.6 is 23.1 Å². The lowest BCUT2D eigenvalue weighted by Crippen LogP contribution is -2.18. The predicted octanol–water partition coefficient (Wildman–Crippen LogP) is 2.73. The number of halogens is 2. The monoisotopic (exact) mass is 301 g/mol. The molecule has 0 radical (unpaired) electrons. The average molecular weight is 302 g/mol. The number of benzene rings is 1. The average Bonchev–Trinajstić information content (AvgIpc) is 2.83. The number of methoxy groups -OCH3 is 1. The molecule has 0 fully saturated rings. The Morgan fingerprint density at radius 3 is 3.05 bits per heavy atom. The highest BCUT2D eigenvalue weighted by Gasteiger charge is 2.13. The first-order valence-electron chi connectivity index (χ1n) is 5.68. The largest absolute Gasteiger partial charge is 0.383 e. The van der Waals surface area contributed by atoms with Crippen molar-refractivity contribution in [2.24, 2.45) is 0 Å². The van der Waals surface area contributed by atoms with E-state index in [-0.39, 0.29) is 5.82 Å². The third-order valence-corrected chi connectivity index (χ3v) is 3.54. The number of hydrogen-bond acceptors (Lipinski definition) is 5. The van der Waals surface area contributed by atoms with E-state index in [0.29, 0.717) is 29.4 Å². The molecule has 1 aromatic carbocycles. The summed E-state index contributed by atoms with van der Waals surface area (Å²) in [6.07, 6.45) is 0. The van der Waals surface area contributed by atoms with E-state index in [1.54, 1.807) is 13.2 Å². The normalized spacial score (nSPS) is 10.9. The van der Waals surface area contributed by atoms with Crippen molar-refractivity contribution in [1.82, 2.24) is 14.9 Å². The van der Waals surface area contributed by atoms with E-state index in [1.807, 2.05) is 0 Å². The molecule has 0 atom stereocenters. The lowest BCUT2D eigenvalue weighted by atomic mass is 10.1. The fraction of sp³-hybridized carbons (Fsp3) is 0.333. The molecular formula is C12H13ClFN3OS. The van der Waals surface area contributed by atoms with E-state index in [1.165, 1.54) is 23.7 Å². The Morgan fingerprint density at radius 1 is 1.47 bits per heavy atom. The summed E-state index contributed by atoms with van der Waals surface area (Å²) in [5.74, 6) is -0.364. The summed E-state index contributed by atoms with van der Waals surface area (Å²) in [6, 6.07) is 4.26. The summed E-state index contributed by atoms with van der Waals surface area (Å²) in [5.41, 5.74) is 1.39. The molecule has 2 aromatic rings. The van der Waals surface area contributed by atoms with Gasteiger partial charge in [-0.1, -0.05) is 16.1 Å². The molecule has 4 nitrogen and oxygen atoms in total. The molecule has 2 rings (SSSR count). The highest BCUT2D eigenvalue weighted by Crippen LogP contribution is 2.30. The number of rotatable bonds is 6. The Balaban J connectivity index is 2.14. The zero-order valence-electron chi connectivity index (χ0n) is 10.3. The van der Waals surface area contributed by atoms with E-state index in [2.05, 4.69) is 14.9 Å².